The lowest BCUT2D eigenvalue weighted by Crippen LogP contribution is -2.05. The molecule has 0 aromatic heterocycles. The second kappa shape index (κ2) is 4.41. The standard InChI is InChI=1S/C9H9NO5/c11-8-2-1-6(3-4-10(14)15)5-7(8)9(12)13/h1-2,5,11H,3-4H2,(H,12,13). The third-order valence-electron chi connectivity index (χ3n) is 1.87. The average molecular weight is 211 g/mol. The fourth-order valence-corrected chi connectivity index (χ4v) is 1.13. The van der Waals surface area contributed by atoms with E-state index < -0.39 is 10.9 Å². The molecule has 0 heterocycles. The number of nitrogens with zero attached hydrogens (tertiary/aromatic N) is 1. The molecule has 0 spiro atoms. The minimum atomic E-state index is -1.25. The van der Waals surface area contributed by atoms with E-state index in [1.165, 1.54) is 18.2 Å². The van der Waals surface area contributed by atoms with Crippen molar-refractivity contribution in [2.24, 2.45) is 0 Å². The van der Waals surface area contributed by atoms with Gasteiger partial charge in [0.2, 0.25) is 6.54 Å². The Balaban J connectivity index is 2.87. The molecule has 2 N–H and O–H groups in total. The number of aromatic carboxylic acids is 1. The van der Waals surface area contributed by atoms with Crippen molar-refractivity contribution >= 4 is 5.97 Å². The van der Waals surface area contributed by atoms with Gasteiger partial charge in [0.05, 0.1) is 0 Å². The number of carbonyl (C=O) groups is 1. The van der Waals surface area contributed by atoms with Crippen LogP contribution in [-0.4, -0.2) is 27.7 Å². The van der Waals surface area contributed by atoms with E-state index in [1.54, 1.807) is 0 Å². The molecule has 0 aliphatic rings. The summed E-state index contributed by atoms with van der Waals surface area (Å²) in [7, 11) is 0. The first-order valence-electron chi connectivity index (χ1n) is 4.17. The number of benzene rings is 1. The third kappa shape index (κ3) is 2.94. The summed E-state index contributed by atoms with van der Waals surface area (Å²) in [5, 5.41) is 27.9. The molecule has 0 atom stereocenters. The van der Waals surface area contributed by atoms with Gasteiger partial charge in [0.1, 0.15) is 11.3 Å². The molecule has 1 aromatic rings. The largest absolute Gasteiger partial charge is 0.507 e. The molecule has 0 unspecified atom stereocenters. The molecule has 1 rings (SSSR count). The zero-order valence-corrected chi connectivity index (χ0v) is 7.71. The molecular formula is C9H9NO5. The van der Waals surface area contributed by atoms with Crippen molar-refractivity contribution in [1.29, 1.82) is 0 Å². The number of phenols is 1. The molecule has 80 valence electrons. The van der Waals surface area contributed by atoms with E-state index in [9.17, 15) is 14.9 Å². The van der Waals surface area contributed by atoms with Gasteiger partial charge in [-0.3, -0.25) is 10.1 Å². The Morgan fingerprint density at radius 2 is 2.13 bits per heavy atom. The quantitative estimate of drug-likeness (QED) is 0.569. The summed E-state index contributed by atoms with van der Waals surface area (Å²) in [6.45, 7) is -0.260. The van der Waals surface area contributed by atoms with E-state index in [0.29, 0.717) is 5.56 Å². The molecule has 0 radical (unpaired) electrons. The maximum Gasteiger partial charge on any atom is 0.339 e. The third-order valence-corrected chi connectivity index (χ3v) is 1.87. The molecule has 15 heavy (non-hydrogen) atoms. The van der Waals surface area contributed by atoms with E-state index in [0.717, 1.165) is 0 Å². The number of hydrogen-bond donors (Lipinski definition) is 2. The van der Waals surface area contributed by atoms with Crippen molar-refractivity contribution in [3.05, 3.63) is 39.4 Å². The number of rotatable bonds is 4. The van der Waals surface area contributed by atoms with Crippen LogP contribution in [0.1, 0.15) is 15.9 Å². The van der Waals surface area contributed by atoms with Gasteiger partial charge in [0.15, 0.2) is 0 Å². The number of hydrogen-bond acceptors (Lipinski definition) is 4. The van der Waals surface area contributed by atoms with Crippen molar-refractivity contribution in [2.45, 2.75) is 6.42 Å². The highest BCUT2D eigenvalue weighted by Crippen LogP contribution is 2.18. The summed E-state index contributed by atoms with van der Waals surface area (Å²) in [6, 6.07) is 3.92. The van der Waals surface area contributed by atoms with Crippen LogP contribution in [0.5, 0.6) is 5.75 Å². The number of carboxylic acids is 1. The maximum atomic E-state index is 10.6. The van der Waals surface area contributed by atoms with E-state index >= 15 is 0 Å². The highest BCUT2D eigenvalue weighted by molar-refractivity contribution is 5.90. The SMILES string of the molecule is O=C(O)c1cc(CC[N+](=O)[O-])ccc1O. The zero-order valence-electron chi connectivity index (χ0n) is 7.71. The first-order valence-corrected chi connectivity index (χ1v) is 4.17. The molecule has 0 aliphatic carbocycles. The normalized spacial score (nSPS) is 9.87. The van der Waals surface area contributed by atoms with Gasteiger partial charge < -0.3 is 10.2 Å². The van der Waals surface area contributed by atoms with Crippen LogP contribution in [0, 0.1) is 10.1 Å². The summed E-state index contributed by atoms with van der Waals surface area (Å²) in [4.78, 5) is 20.2. The Labute approximate surface area is 84.9 Å². The lowest BCUT2D eigenvalue weighted by molar-refractivity contribution is -0.479. The van der Waals surface area contributed by atoms with Crippen LogP contribution in [0.15, 0.2) is 18.2 Å². The Kier molecular flexibility index (Phi) is 3.22. The van der Waals surface area contributed by atoms with Gasteiger partial charge in [-0.25, -0.2) is 4.79 Å². The van der Waals surface area contributed by atoms with Gasteiger partial charge in [-0.1, -0.05) is 6.07 Å². The average Bonchev–Trinajstić information content (AvgIpc) is 2.16. The van der Waals surface area contributed by atoms with Gasteiger partial charge in [0.25, 0.3) is 0 Å². The molecule has 0 amide bonds. The Hall–Kier alpha value is -2.11. The fourth-order valence-electron chi connectivity index (χ4n) is 1.13. The molecule has 0 saturated carbocycles. The van der Waals surface area contributed by atoms with Gasteiger partial charge in [0, 0.05) is 11.3 Å². The Morgan fingerprint density at radius 3 is 2.67 bits per heavy atom. The molecular weight excluding hydrogens is 202 g/mol. The summed E-state index contributed by atoms with van der Waals surface area (Å²) in [5.74, 6) is -1.59. The van der Waals surface area contributed by atoms with Crippen LogP contribution in [0.2, 0.25) is 0 Å². The lowest BCUT2D eigenvalue weighted by atomic mass is 10.1. The fraction of sp³-hybridized carbons (Fsp3) is 0.222. The molecule has 6 heteroatoms. The van der Waals surface area contributed by atoms with Crippen LogP contribution >= 0.6 is 0 Å². The lowest BCUT2D eigenvalue weighted by Gasteiger charge is -2.02. The van der Waals surface area contributed by atoms with E-state index in [4.69, 9.17) is 10.2 Å². The summed E-state index contributed by atoms with van der Waals surface area (Å²) < 4.78 is 0. The Morgan fingerprint density at radius 1 is 1.47 bits per heavy atom. The molecule has 0 bridgehead atoms. The van der Waals surface area contributed by atoms with Crippen molar-refractivity contribution in [2.75, 3.05) is 6.54 Å². The maximum absolute atomic E-state index is 10.6. The highest BCUT2D eigenvalue weighted by atomic mass is 16.6. The van der Waals surface area contributed by atoms with E-state index in [1.807, 2.05) is 0 Å². The smallest absolute Gasteiger partial charge is 0.339 e. The van der Waals surface area contributed by atoms with Gasteiger partial charge in [-0.05, 0) is 17.7 Å². The Bertz CT molecular complexity index is 401. The van der Waals surface area contributed by atoms with Crippen LogP contribution in [0.25, 0.3) is 0 Å². The summed E-state index contributed by atoms with van der Waals surface area (Å²) >= 11 is 0. The topological polar surface area (TPSA) is 101 Å². The summed E-state index contributed by atoms with van der Waals surface area (Å²) in [6.07, 6.45) is 0.146. The van der Waals surface area contributed by atoms with Gasteiger partial charge in [-0.2, -0.15) is 0 Å². The second-order valence-corrected chi connectivity index (χ2v) is 2.96. The number of carboxylic acid groups (broad SMARTS) is 1. The predicted molar refractivity (Wildman–Crippen MR) is 50.6 cm³/mol. The molecule has 1 aromatic carbocycles. The minimum absolute atomic E-state index is 0.146. The van der Waals surface area contributed by atoms with E-state index in [-0.39, 0.29) is 24.3 Å². The minimum Gasteiger partial charge on any atom is -0.507 e. The van der Waals surface area contributed by atoms with Crippen LogP contribution < -0.4 is 0 Å². The highest BCUT2D eigenvalue weighted by Gasteiger charge is 2.10. The first kappa shape index (κ1) is 11.0. The number of nitro groups is 1. The van der Waals surface area contributed by atoms with Crippen LogP contribution in [-0.2, 0) is 6.42 Å². The second-order valence-electron chi connectivity index (χ2n) is 2.96. The number of aromatic hydroxyl groups is 1. The first-order chi connectivity index (χ1) is 7.00. The van der Waals surface area contributed by atoms with Gasteiger partial charge in [-0.15, -0.1) is 0 Å². The van der Waals surface area contributed by atoms with Crippen molar-refractivity contribution < 1.29 is 19.9 Å². The van der Waals surface area contributed by atoms with Crippen molar-refractivity contribution in [3.8, 4) is 5.75 Å². The molecule has 0 saturated heterocycles. The van der Waals surface area contributed by atoms with Gasteiger partial charge >= 0.3 is 5.97 Å². The molecule has 0 aliphatic heterocycles. The van der Waals surface area contributed by atoms with Crippen molar-refractivity contribution in [1.82, 2.24) is 0 Å². The monoisotopic (exact) mass is 211 g/mol. The zero-order chi connectivity index (χ0) is 11.4. The van der Waals surface area contributed by atoms with E-state index in [2.05, 4.69) is 0 Å². The predicted octanol–water partition coefficient (Wildman–Crippen LogP) is 0.910. The summed E-state index contributed by atoms with van der Waals surface area (Å²) in [5.41, 5.74) is 0.276. The van der Waals surface area contributed by atoms with Crippen LogP contribution in [0.4, 0.5) is 0 Å². The van der Waals surface area contributed by atoms with Crippen LogP contribution in [0.3, 0.4) is 0 Å². The molecule has 0 fully saturated rings. The molecule has 6 nitrogen and oxygen atoms in total. The van der Waals surface area contributed by atoms with Crippen molar-refractivity contribution in [3.63, 3.8) is 0 Å².